The Labute approximate surface area is 177 Å². The predicted octanol–water partition coefficient (Wildman–Crippen LogP) is 3.41. The summed E-state index contributed by atoms with van der Waals surface area (Å²) in [5.74, 6) is 0.480. The molecular formula is C21H25ClN2O4S. The van der Waals surface area contributed by atoms with Crippen LogP contribution in [0.1, 0.15) is 18.4 Å². The van der Waals surface area contributed by atoms with Crippen LogP contribution in [0.25, 0.3) is 0 Å². The molecule has 1 saturated heterocycles. The first-order valence-electron chi connectivity index (χ1n) is 9.45. The van der Waals surface area contributed by atoms with Crippen molar-refractivity contribution >= 4 is 27.5 Å². The molecule has 0 N–H and O–H groups in total. The first kappa shape index (κ1) is 21.6. The van der Waals surface area contributed by atoms with E-state index in [1.807, 2.05) is 12.1 Å². The number of hydrogen-bond acceptors (Lipinski definition) is 4. The van der Waals surface area contributed by atoms with Crippen LogP contribution in [0.15, 0.2) is 53.4 Å². The summed E-state index contributed by atoms with van der Waals surface area (Å²) in [6.07, 6.45) is 1.03. The van der Waals surface area contributed by atoms with E-state index in [2.05, 4.69) is 0 Å². The Morgan fingerprint density at radius 3 is 2.24 bits per heavy atom. The Balaban J connectivity index is 1.58. The summed E-state index contributed by atoms with van der Waals surface area (Å²) in [6, 6.07) is 13.8. The molecule has 0 unspecified atom stereocenters. The van der Waals surface area contributed by atoms with Crippen LogP contribution < -0.4 is 4.74 Å². The molecule has 0 radical (unpaired) electrons. The SMILES string of the molecule is COc1ccc(S(=O)(=O)N2CCC(C(=O)N(C)Cc3ccc(Cl)cc3)CC2)cc1. The molecule has 2 aromatic rings. The number of amides is 1. The molecule has 0 aliphatic carbocycles. The van der Waals surface area contributed by atoms with Gasteiger partial charge in [0.15, 0.2) is 0 Å². The average Bonchev–Trinajstić information content (AvgIpc) is 2.75. The third-order valence-corrected chi connectivity index (χ3v) is 7.37. The number of hydrogen-bond donors (Lipinski definition) is 0. The van der Waals surface area contributed by atoms with Crippen LogP contribution >= 0.6 is 11.6 Å². The van der Waals surface area contributed by atoms with Crippen LogP contribution in [0.4, 0.5) is 0 Å². The normalized spacial score (nSPS) is 15.8. The molecule has 0 bridgehead atoms. The number of methoxy groups -OCH3 is 1. The number of ether oxygens (including phenoxy) is 1. The molecule has 3 rings (SSSR count). The number of piperidine rings is 1. The van der Waals surface area contributed by atoms with E-state index in [4.69, 9.17) is 16.3 Å². The van der Waals surface area contributed by atoms with Crippen molar-refractivity contribution in [2.24, 2.45) is 5.92 Å². The maximum Gasteiger partial charge on any atom is 0.243 e. The van der Waals surface area contributed by atoms with E-state index >= 15 is 0 Å². The van der Waals surface area contributed by atoms with Crippen LogP contribution in [-0.2, 0) is 21.4 Å². The predicted molar refractivity (Wildman–Crippen MR) is 112 cm³/mol. The molecule has 29 heavy (non-hydrogen) atoms. The van der Waals surface area contributed by atoms with E-state index in [1.165, 1.54) is 11.4 Å². The molecule has 1 amide bonds. The zero-order chi connectivity index (χ0) is 21.0. The first-order chi connectivity index (χ1) is 13.8. The van der Waals surface area contributed by atoms with Crippen LogP contribution in [0.5, 0.6) is 5.75 Å². The Morgan fingerprint density at radius 1 is 1.10 bits per heavy atom. The number of halogens is 1. The molecular weight excluding hydrogens is 412 g/mol. The standard InChI is InChI=1S/C21H25ClN2O4S/c1-23(15-16-3-5-18(22)6-4-16)21(25)17-11-13-24(14-12-17)29(26,27)20-9-7-19(28-2)8-10-20/h3-10,17H,11-15H2,1-2H3. The van der Waals surface area contributed by atoms with Crippen LogP contribution in [0.2, 0.25) is 5.02 Å². The third kappa shape index (κ3) is 5.10. The van der Waals surface area contributed by atoms with E-state index in [1.54, 1.807) is 48.3 Å². The Bertz CT molecular complexity index is 938. The lowest BCUT2D eigenvalue weighted by atomic mass is 9.96. The van der Waals surface area contributed by atoms with Gasteiger partial charge in [0.05, 0.1) is 12.0 Å². The van der Waals surface area contributed by atoms with Crippen molar-refractivity contribution in [3.8, 4) is 5.75 Å². The molecule has 1 aliphatic rings. The van der Waals surface area contributed by atoms with Gasteiger partial charge >= 0.3 is 0 Å². The van der Waals surface area contributed by atoms with Gasteiger partial charge in [-0.25, -0.2) is 8.42 Å². The van der Waals surface area contributed by atoms with Gasteiger partial charge in [0.2, 0.25) is 15.9 Å². The summed E-state index contributed by atoms with van der Waals surface area (Å²) >= 11 is 5.90. The van der Waals surface area contributed by atoms with Gasteiger partial charge in [-0.2, -0.15) is 4.31 Å². The number of sulfonamides is 1. The largest absolute Gasteiger partial charge is 0.497 e. The molecule has 156 valence electrons. The van der Waals surface area contributed by atoms with Gasteiger partial charge in [-0.15, -0.1) is 0 Å². The molecule has 0 saturated carbocycles. The Kier molecular flexibility index (Phi) is 6.82. The van der Waals surface area contributed by atoms with Crippen molar-refractivity contribution in [3.05, 3.63) is 59.1 Å². The highest BCUT2D eigenvalue weighted by molar-refractivity contribution is 7.89. The van der Waals surface area contributed by atoms with E-state index in [0.29, 0.717) is 43.2 Å². The van der Waals surface area contributed by atoms with E-state index < -0.39 is 10.0 Å². The molecule has 0 spiro atoms. The lowest BCUT2D eigenvalue weighted by molar-refractivity contribution is -0.135. The summed E-state index contributed by atoms with van der Waals surface area (Å²) in [7, 11) is -0.256. The number of rotatable bonds is 6. The van der Waals surface area contributed by atoms with Gasteiger partial charge in [-0.3, -0.25) is 4.79 Å². The van der Waals surface area contributed by atoms with Crippen LogP contribution in [0.3, 0.4) is 0 Å². The van der Waals surface area contributed by atoms with Crippen molar-refractivity contribution < 1.29 is 17.9 Å². The molecule has 6 nitrogen and oxygen atoms in total. The fourth-order valence-electron chi connectivity index (χ4n) is 3.49. The maximum absolute atomic E-state index is 12.8. The summed E-state index contributed by atoms with van der Waals surface area (Å²) in [4.78, 5) is 14.7. The van der Waals surface area contributed by atoms with Crippen LogP contribution in [0, 0.1) is 5.92 Å². The highest BCUT2D eigenvalue weighted by Gasteiger charge is 2.33. The monoisotopic (exact) mass is 436 g/mol. The van der Waals surface area contributed by atoms with E-state index in [9.17, 15) is 13.2 Å². The summed E-state index contributed by atoms with van der Waals surface area (Å²) in [5, 5.41) is 0.660. The minimum Gasteiger partial charge on any atom is -0.497 e. The van der Waals surface area contributed by atoms with Crippen molar-refractivity contribution in [2.75, 3.05) is 27.2 Å². The van der Waals surface area contributed by atoms with Crippen molar-refractivity contribution in [1.82, 2.24) is 9.21 Å². The topological polar surface area (TPSA) is 66.9 Å². The Hall–Kier alpha value is -2.09. The fraction of sp³-hybridized carbons (Fsp3) is 0.381. The smallest absolute Gasteiger partial charge is 0.243 e. The van der Waals surface area contributed by atoms with Gasteiger partial charge in [0.1, 0.15) is 5.75 Å². The minimum atomic E-state index is -3.57. The summed E-state index contributed by atoms with van der Waals surface area (Å²) < 4.78 is 32.2. The minimum absolute atomic E-state index is 0.0430. The lowest BCUT2D eigenvalue weighted by Crippen LogP contribution is -2.43. The molecule has 1 fully saturated rings. The highest BCUT2D eigenvalue weighted by atomic mass is 35.5. The van der Waals surface area contributed by atoms with Gasteiger partial charge < -0.3 is 9.64 Å². The number of nitrogens with zero attached hydrogens (tertiary/aromatic N) is 2. The average molecular weight is 437 g/mol. The van der Waals surface area contributed by atoms with Gasteiger partial charge in [0.25, 0.3) is 0 Å². The number of carbonyl (C=O) groups excluding carboxylic acids is 1. The summed E-state index contributed by atoms with van der Waals surface area (Å²) in [6.45, 7) is 1.17. The van der Waals surface area contributed by atoms with E-state index in [-0.39, 0.29) is 16.7 Å². The second-order valence-corrected chi connectivity index (χ2v) is 9.55. The molecule has 1 aliphatic heterocycles. The van der Waals surface area contributed by atoms with E-state index in [0.717, 1.165) is 5.56 Å². The van der Waals surface area contributed by atoms with Crippen molar-refractivity contribution in [1.29, 1.82) is 0 Å². The zero-order valence-electron chi connectivity index (χ0n) is 16.5. The summed E-state index contributed by atoms with van der Waals surface area (Å²) in [5.41, 5.74) is 1.00. The molecule has 8 heteroatoms. The number of carbonyl (C=O) groups is 1. The third-order valence-electron chi connectivity index (χ3n) is 5.21. The molecule has 0 atom stereocenters. The lowest BCUT2D eigenvalue weighted by Gasteiger charge is -2.32. The Morgan fingerprint density at radius 2 is 1.69 bits per heavy atom. The quantitative estimate of drug-likeness (QED) is 0.696. The molecule has 0 aromatic heterocycles. The van der Waals surface area contributed by atoms with Crippen LogP contribution in [-0.4, -0.2) is 50.8 Å². The molecule has 1 heterocycles. The number of benzene rings is 2. The second-order valence-electron chi connectivity index (χ2n) is 7.17. The van der Waals surface area contributed by atoms with Gasteiger partial charge in [0, 0.05) is 37.6 Å². The first-order valence-corrected chi connectivity index (χ1v) is 11.3. The van der Waals surface area contributed by atoms with Crippen molar-refractivity contribution in [2.45, 2.75) is 24.3 Å². The van der Waals surface area contributed by atoms with Gasteiger partial charge in [-0.05, 0) is 54.8 Å². The second kappa shape index (κ2) is 9.15. The van der Waals surface area contributed by atoms with Gasteiger partial charge in [-0.1, -0.05) is 23.7 Å². The molecule has 2 aromatic carbocycles. The fourth-order valence-corrected chi connectivity index (χ4v) is 5.09. The zero-order valence-corrected chi connectivity index (χ0v) is 18.1. The highest BCUT2D eigenvalue weighted by Crippen LogP contribution is 2.26. The maximum atomic E-state index is 12.8. The van der Waals surface area contributed by atoms with Crippen molar-refractivity contribution in [3.63, 3.8) is 0 Å².